The number of hydrogen-bond donors (Lipinski definition) is 2. The van der Waals surface area contributed by atoms with Crippen LogP contribution in [0.25, 0.3) is 0 Å². The number of carbonyl (C=O) groups is 1. The lowest BCUT2D eigenvalue weighted by Crippen LogP contribution is -2.56. The lowest BCUT2D eigenvalue weighted by Gasteiger charge is -2.34. The van der Waals surface area contributed by atoms with E-state index < -0.39 is 9.96 Å². The second kappa shape index (κ2) is 11.0. The lowest BCUT2D eigenvalue weighted by atomic mass is 9.87. The summed E-state index contributed by atoms with van der Waals surface area (Å²) in [4.78, 5) is 12.4. The van der Waals surface area contributed by atoms with Crippen molar-refractivity contribution in [2.24, 2.45) is 5.92 Å². The molecule has 0 aromatic heterocycles. The van der Waals surface area contributed by atoms with Gasteiger partial charge in [0.05, 0.1) is 0 Å². The van der Waals surface area contributed by atoms with Gasteiger partial charge in [0.15, 0.2) is 0 Å². The highest BCUT2D eigenvalue weighted by molar-refractivity contribution is 9.10. The van der Waals surface area contributed by atoms with Gasteiger partial charge in [-0.1, -0.05) is 71.5 Å². The highest BCUT2D eigenvalue weighted by atomic mass is 79.9. The summed E-state index contributed by atoms with van der Waals surface area (Å²) < 4.78 is -0.713. The summed E-state index contributed by atoms with van der Waals surface area (Å²) in [7, 11) is 0. The molecular formula is C18H26BrCl3N2O. The Bertz CT molecular complexity index is 526. The van der Waals surface area contributed by atoms with Crippen molar-refractivity contribution in [2.75, 3.05) is 0 Å². The molecule has 1 saturated carbocycles. The van der Waals surface area contributed by atoms with E-state index in [0.717, 1.165) is 36.1 Å². The maximum Gasteiger partial charge on any atom is 0.252 e. The Morgan fingerprint density at radius 1 is 1.12 bits per heavy atom. The summed E-state index contributed by atoms with van der Waals surface area (Å²) in [5, 5.41) is 6.08. The first-order chi connectivity index (χ1) is 11.8. The van der Waals surface area contributed by atoms with Crippen molar-refractivity contribution in [3.8, 4) is 0 Å². The summed E-state index contributed by atoms with van der Waals surface area (Å²) in [5.74, 6) is 0.460. The van der Waals surface area contributed by atoms with Crippen LogP contribution in [0.15, 0.2) is 28.7 Å². The van der Waals surface area contributed by atoms with Crippen molar-refractivity contribution in [3.63, 3.8) is 0 Å². The number of halogens is 4. The minimum atomic E-state index is -1.62. The zero-order valence-electron chi connectivity index (χ0n) is 14.8. The standard InChI is InChI=1S/C16H20BrCl3N2O.C2H6/c1-10-2-8-13(9-3-10)21-15(16(18,19)20)22-14(23)11-4-6-12(17)7-5-11;1-2/h4-7,10,13,15,21H,2-3,8-9H2,1H3,(H,22,23);1-2H3. The third-order valence-electron chi connectivity index (χ3n) is 4.13. The third kappa shape index (κ3) is 8.04. The van der Waals surface area contributed by atoms with Crippen LogP contribution in [0.3, 0.4) is 0 Å². The van der Waals surface area contributed by atoms with Gasteiger partial charge in [-0.05, 0) is 55.9 Å². The number of carbonyl (C=O) groups excluding carboxylic acids is 1. The lowest BCUT2D eigenvalue weighted by molar-refractivity contribution is 0.0923. The molecule has 25 heavy (non-hydrogen) atoms. The Hall–Kier alpha value is -0.000000000000000111. The van der Waals surface area contributed by atoms with E-state index in [1.165, 1.54) is 0 Å². The molecule has 0 spiro atoms. The van der Waals surface area contributed by atoms with Gasteiger partial charge in [-0.3, -0.25) is 10.1 Å². The van der Waals surface area contributed by atoms with Gasteiger partial charge >= 0.3 is 0 Å². The van der Waals surface area contributed by atoms with Crippen LogP contribution in [-0.4, -0.2) is 21.9 Å². The minimum absolute atomic E-state index is 0.247. The number of nitrogens with one attached hydrogen (secondary N) is 2. The molecule has 1 aromatic carbocycles. The monoisotopic (exact) mass is 470 g/mol. The van der Waals surface area contributed by atoms with Crippen LogP contribution >= 0.6 is 50.7 Å². The van der Waals surface area contributed by atoms with Crippen LogP contribution < -0.4 is 10.6 Å². The molecule has 0 heterocycles. The zero-order chi connectivity index (χ0) is 19.0. The van der Waals surface area contributed by atoms with Crippen molar-refractivity contribution < 1.29 is 4.79 Å². The van der Waals surface area contributed by atoms with E-state index in [-0.39, 0.29) is 11.9 Å². The Kier molecular flexibility index (Phi) is 10.1. The SMILES string of the molecule is CC.CC1CCC(NC(NC(=O)c2ccc(Br)cc2)C(Cl)(Cl)Cl)CC1. The fraction of sp³-hybridized carbons (Fsp3) is 0.611. The predicted octanol–water partition coefficient (Wildman–Crippen LogP) is 6.07. The highest BCUT2D eigenvalue weighted by Gasteiger charge is 2.36. The van der Waals surface area contributed by atoms with E-state index in [2.05, 4.69) is 33.5 Å². The molecule has 1 fully saturated rings. The first-order valence-corrected chi connectivity index (χ1v) is 10.6. The second-order valence-electron chi connectivity index (χ2n) is 6.08. The molecule has 0 saturated heterocycles. The maximum atomic E-state index is 12.4. The van der Waals surface area contributed by atoms with Crippen LogP contribution in [0, 0.1) is 5.92 Å². The van der Waals surface area contributed by atoms with Crippen molar-refractivity contribution in [1.82, 2.24) is 10.6 Å². The van der Waals surface area contributed by atoms with E-state index in [1.807, 2.05) is 13.8 Å². The van der Waals surface area contributed by atoms with Gasteiger partial charge in [-0.2, -0.15) is 0 Å². The number of alkyl halides is 3. The van der Waals surface area contributed by atoms with Gasteiger partial charge in [0.25, 0.3) is 5.91 Å². The zero-order valence-corrected chi connectivity index (χ0v) is 18.6. The fourth-order valence-corrected chi connectivity index (χ4v) is 3.31. The van der Waals surface area contributed by atoms with Gasteiger partial charge in [0.2, 0.25) is 3.79 Å². The minimum Gasteiger partial charge on any atom is -0.333 e. The molecular weight excluding hydrogens is 446 g/mol. The second-order valence-corrected chi connectivity index (χ2v) is 9.36. The van der Waals surface area contributed by atoms with Gasteiger partial charge in [0, 0.05) is 16.1 Å². The molecule has 1 aromatic rings. The van der Waals surface area contributed by atoms with Crippen molar-refractivity contribution in [3.05, 3.63) is 34.3 Å². The number of amides is 1. The van der Waals surface area contributed by atoms with Crippen LogP contribution in [0.2, 0.25) is 0 Å². The number of hydrogen-bond acceptors (Lipinski definition) is 2. The Morgan fingerprint density at radius 2 is 1.64 bits per heavy atom. The van der Waals surface area contributed by atoms with Gasteiger partial charge < -0.3 is 5.32 Å². The quantitative estimate of drug-likeness (QED) is 0.412. The number of rotatable bonds is 4. The van der Waals surface area contributed by atoms with Gasteiger partial charge in [-0.25, -0.2) is 0 Å². The molecule has 0 bridgehead atoms. The summed E-state index contributed by atoms with van der Waals surface area (Å²) >= 11 is 21.5. The van der Waals surface area contributed by atoms with Crippen LogP contribution in [-0.2, 0) is 0 Å². The van der Waals surface area contributed by atoms with Crippen LogP contribution in [0.4, 0.5) is 0 Å². The molecule has 0 radical (unpaired) electrons. The summed E-state index contributed by atoms with van der Waals surface area (Å²) in [6, 6.07) is 7.29. The summed E-state index contributed by atoms with van der Waals surface area (Å²) in [5.41, 5.74) is 0.520. The molecule has 1 unspecified atom stereocenters. The first kappa shape index (κ1) is 23.0. The maximum absolute atomic E-state index is 12.4. The van der Waals surface area contributed by atoms with Gasteiger partial charge in [0.1, 0.15) is 6.17 Å². The molecule has 2 N–H and O–H groups in total. The molecule has 1 atom stereocenters. The van der Waals surface area contributed by atoms with Crippen LogP contribution in [0.5, 0.6) is 0 Å². The molecule has 3 nitrogen and oxygen atoms in total. The largest absolute Gasteiger partial charge is 0.333 e. The van der Waals surface area contributed by atoms with Crippen molar-refractivity contribution in [2.45, 2.75) is 62.5 Å². The topological polar surface area (TPSA) is 41.1 Å². The first-order valence-electron chi connectivity index (χ1n) is 8.65. The van der Waals surface area contributed by atoms with E-state index in [1.54, 1.807) is 24.3 Å². The Balaban J connectivity index is 0.00000151. The predicted molar refractivity (Wildman–Crippen MR) is 112 cm³/mol. The van der Waals surface area contributed by atoms with E-state index in [0.29, 0.717) is 5.56 Å². The average molecular weight is 473 g/mol. The van der Waals surface area contributed by atoms with Crippen molar-refractivity contribution >= 4 is 56.6 Å². The molecule has 0 aliphatic heterocycles. The van der Waals surface area contributed by atoms with Gasteiger partial charge in [-0.15, -0.1) is 0 Å². The summed E-state index contributed by atoms with van der Waals surface area (Å²) in [6.07, 6.45) is 3.59. The summed E-state index contributed by atoms with van der Waals surface area (Å²) in [6.45, 7) is 6.25. The molecule has 7 heteroatoms. The fourth-order valence-electron chi connectivity index (χ4n) is 2.70. The van der Waals surface area contributed by atoms with E-state index in [4.69, 9.17) is 34.8 Å². The van der Waals surface area contributed by atoms with Crippen LogP contribution in [0.1, 0.15) is 56.8 Å². The molecule has 142 valence electrons. The molecule has 1 aliphatic carbocycles. The van der Waals surface area contributed by atoms with Crippen molar-refractivity contribution in [1.29, 1.82) is 0 Å². The molecule has 2 rings (SSSR count). The Morgan fingerprint density at radius 3 is 2.12 bits per heavy atom. The smallest absolute Gasteiger partial charge is 0.252 e. The number of benzene rings is 1. The van der Waals surface area contributed by atoms with E-state index in [9.17, 15) is 4.79 Å². The normalized spacial score (nSPS) is 21.7. The third-order valence-corrected chi connectivity index (χ3v) is 5.31. The highest BCUT2D eigenvalue weighted by Crippen LogP contribution is 2.31. The Labute approximate surface area is 174 Å². The average Bonchev–Trinajstić information content (AvgIpc) is 2.57. The van der Waals surface area contributed by atoms with E-state index >= 15 is 0 Å². The molecule has 1 amide bonds. The molecule has 1 aliphatic rings.